The quantitative estimate of drug-likeness (QED) is 0.796. The second-order valence-electron chi connectivity index (χ2n) is 5.86. The SMILES string of the molecule is NC(=O)NC(=O)COC(=O)c1nn(-c2ccc(F)cc2)c2c1CCCC2. The number of aromatic nitrogens is 2. The Bertz CT molecular complexity index is 860. The number of amides is 3. The predicted octanol–water partition coefficient (Wildman–Crippen LogP) is 1.24. The number of ether oxygens (including phenoxy) is 1. The van der Waals surface area contributed by atoms with Gasteiger partial charge in [0.05, 0.1) is 5.69 Å². The van der Waals surface area contributed by atoms with E-state index in [0.29, 0.717) is 12.1 Å². The van der Waals surface area contributed by atoms with Crippen LogP contribution in [0.25, 0.3) is 5.69 Å². The van der Waals surface area contributed by atoms with Crippen molar-refractivity contribution in [2.24, 2.45) is 5.73 Å². The van der Waals surface area contributed by atoms with Crippen molar-refractivity contribution in [2.45, 2.75) is 25.7 Å². The van der Waals surface area contributed by atoms with Gasteiger partial charge in [-0.1, -0.05) is 0 Å². The molecule has 1 aliphatic carbocycles. The topological polar surface area (TPSA) is 116 Å². The van der Waals surface area contributed by atoms with Gasteiger partial charge in [-0.2, -0.15) is 5.10 Å². The fourth-order valence-corrected chi connectivity index (χ4v) is 2.93. The van der Waals surface area contributed by atoms with Crippen LogP contribution in [0.3, 0.4) is 0 Å². The molecule has 3 amide bonds. The summed E-state index contributed by atoms with van der Waals surface area (Å²) in [6, 6.07) is 4.76. The van der Waals surface area contributed by atoms with E-state index in [9.17, 15) is 18.8 Å². The molecule has 0 fully saturated rings. The van der Waals surface area contributed by atoms with Gasteiger partial charge < -0.3 is 10.5 Å². The fraction of sp³-hybridized carbons (Fsp3) is 0.294. The Kier molecular flexibility index (Phi) is 4.97. The first-order chi connectivity index (χ1) is 12.5. The van der Waals surface area contributed by atoms with Gasteiger partial charge in [-0.05, 0) is 49.9 Å². The Labute approximate surface area is 148 Å². The number of esters is 1. The maximum absolute atomic E-state index is 13.2. The highest BCUT2D eigenvalue weighted by molar-refractivity contribution is 5.96. The number of rotatable bonds is 4. The zero-order chi connectivity index (χ0) is 18.7. The van der Waals surface area contributed by atoms with E-state index in [4.69, 9.17) is 10.5 Å². The summed E-state index contributed by atoms with van der Waals surface area (Å²) in [6.07, 6.45) is 3.25. The smallest absolute Gasteiger partial charge is 0.359 e. The number of carbonyl (C=O) groups excluding carboxylic acids is 3. The largest absolute Gasteiger partial charge is 0.451 e. The average molecular weight is 360 g/mol. The molecule has 3 N–H and O–H groups in total. The summed E-state index contributed by atoms with van der Waals surface area (Å²) < 4.78 is 19.7. The number of nitrogens with one attached hydrogen (secondary N) is 1. The minimum absolute atomic E-state index is 0.121. The molecule has 0 bridgehead atoms. The highest BCUT2D eigenvalue weighted by Crippen LogP contribution is 2.27. The molecule has 1 aromatic heterocycles. The molecule has 0 spiro atoms. The van der Waals surface area contributed by atoms with Gasteiger partial charge >= 0.3 is 12.0 Å². The number of hydrogen-bond donors (Lipinski definition) is 2. The summed E-state index contributed by atoms with van der Waals surface area (Å²) in [5.41, 5.74) is 7.22. The molecule has 0 radical (unpaired) electrons. The number of hydrogen-bond acceptors (Lipinski definition) is 5. The molecule has 0 atom stereocenters. The lowest BCUT2D eigenvalue weighted by Crippen LogP contribution is -2.37. The molecular formula is C17H17FN4O4. The van der Waals surface area contributed by atoms with Crippen LogP contribution in [-0.4, -0.2) is 34.3 Å². The fourth-order valence-electron chi connectivity index (χ4n) is 2.93. The summed E-state index contributed by atoms with van der Waals surface area (Å²) >= 11 is 0. The molecule has 1 aliphatic rings. The van der Waals surface area contributed by atoms with Crippen molar-refractivity contribution in [3.63, 3.8) is 0 Å². The number of fused-ring (bicyclic) bond motifs is 1. The maximum Gasteiger partial charge on any atom is 0.359 e. The molecule has 9 heteroatoms. The molecule has 3 rings (SSSR count). The predicted molar refractivity (Wildman–Crippen MR) is 88.2 cm³/mol. The highest BCUT2D eigenvalue weighted by atomic mass is 19.1. The van der Waals surface area contributed by atoms with Crippen molar-refractivity contribution in [1.29, 1.82) is 0 Å². The Morgan fingerprint density at radius 3 is 2.58 bits per heavy atom. The van der Waals surface area contributed by atoms with Gasteiger partial charge in [-0.3, -0.25) is 10.1 Å². The van der Waals surface area contributed by atoms with E-state index in [1.165, 1.54) is 12.1 Å². The second kappa shape index (κ2) is 7.34. The van der Waals surface area contributed by atoms with Gasteiger partial charge in [0.15, 0.2) is 12.3 Å². The van der Waals surface area contributed by atoms with E-state index in [2.05, 4.69) is 5.10 Å². The number of primary amides is 1. The van der Waals surface area contributed by atoms with Crippen molar-refractivity contribution < 1.29 is 23.5 Å². The van der Waals surface area contributed by atoms with E-state index in [-0.39, 0.29) is 11.5 Å². The van der Waals surface area contributed by atoms with Gasteiger partial charge in [0.2, 0.25) is 0 Å². The summed E-state index contributed by atoms with van der Waals surface area (Å²) in [4.78, 5) is 34.3. The number of carbonyl (C=O) groups is 3. The summed E-state index contributed by atoms with van der Waals surface area (Å²) in [5, 5.41) is 6.14. The van der Waals surface area contributed by atoms with Crippen LogP contribution in [0.1, 0.15) is 34.6 Å². The molecule has 0 unspecified atom stereocenters. The first kappa shape index (κ1) is 17.6. The van der Waals surface area contributed by atoms with Crippen LogP contribution in [0.2, 0.25) is 0 Å². The van der Waals surface area contributed by atoms with Crippen molar-refractivity contribution >= 4 is 17.9 Å². The van der Waals surface area contributed by atoms with Gasteiger partial charge in [-0.15, -0.1) is 0 Å². The van der Waals surface area contributed by atoms with Gasteiger partial charge in [0.1, 0.15) is 5.82 Å². The van der Waals surface area contributed by atoms with Crippen molar-refractivity contribution in [2.75, 3.05) is 6.61 Å². The molecule has 26 heavy (non-hydrogen) atoms. The third-order valence-electron chi connectivity index (χ3n) is 4.04. The third-order valence-corrected chi connectivity index (χ3v) is 4.04. The summed E-state index contributed by atoms with van der Waals surface area (Å²) in [7, 11) is 0. The van der Waals surface area contributed by atoms with Crippen LogP contribution in [0.5, 0.6) is 0 Å². The number of imide groups is 1. The first-order valence-corrected chi connectivity index (χ1v) is 8.09. The van der Waals surface area contributed by atoms with E-state index in [1.807, 2.05) is 5.32 Å². The van der Waals surface area contributed by atoms with Crippen LogP contribution in [0, 0.1) is 5.82 Å². The molecule has 136 valence electrons. The average Bonchev–Trinajstić information content (AvgIpc) is 3.00. The molecule has 0 saturated heterocycles. The molecular weight excluding hydrogens is 343 g/mol. The minimum Gasteiger partial charge on any atom is -0.451 e. The van der Waals surface area contributed by atoms with Crippen molar-refractivity contribution in [1.82, 2.24) is 15.1 Å². The lowest BCUT2D eigenvalue weighted by atomic mass is 9.95. The van der Waals surface area contributed by atoms with Crippen molar-refractivity contribution in [3.8, 4) is 5.69 Å². The van der Waals surface area contributed by atoms with Crippen LogP contribution >= 0.6 is 0 Å². The molecule has 1 heterocycles. The molecule has 0 aliphatic heterocycles. The highest BCUT2D eigenvalue weighted by Gasteiger charge is 2.27. The van der Waals surface area contributed by atoms with E-state index >= 15 is 0 Å². The number of nitrogens with two attached hydrogens (primary N) is 1. The van der Waals surface area contributed by atoms with Crippen LogP contribution < -0.4 is 11.1 Å². The van der Waals surface area contributed by atoms with Crippen LogP contribution in [0.15, 0.2) is 24.3 Å². The zero-order valence-corrected chi connectivity index (χ0v) is 13.8. The van der Waals surface area contributed by atoms with Gasteiger partial charge in [-0.25, -0.2) is 18.7 Å². The number of nitrogens with zero attached hydrogens (tertiary/aromatic N) is 2. The Morgan fingerprint density at radius 2 is 1.88 bits per heavy atom. The third kappa shape index (κ3) is 3.71. The summed E-state index contributed by atoms with van der Waals surface area (Å²) in [5.74, 6) is -1.95. The molecule has 0 saturated carbocycles. The normalized spacial score (nSPS) is 13.0. The molecule has 2 aromatic rings. The Hall–Kier alpha value is -3.23. The van der Waals surface area contributed by atoms with Crippen molar-refractivity contribution in [3.05, 3.63) is 47.0 Å². The van der Waals surface area contributed by atoms with E-state index in [1.54, 1.807) is 16.8 Å². The van der Waals surface area contributed by atoms with E-state index < -0.39 is 24.5 Å². The number of urea groups is 1. The molecule has 8 nitrogen and oxygen atoms in total. The lowest BCUT2D eigenvalue weighted by Gasteiger charge is -2.14. The minimum atomic E-state index is -1.02. The monoisotopic (exact) mass is 360 g/mol. The first-order valence-electron chi connectivity index (χ1n) is 8.09. The number of benzene rings is 1. The number of halogens is 1. The van der Waals surface area contributed by atoms with Gasteiger partial charge in [0, 0.05) is 11.3 Å². The Morgan fingerprint density at radius 1 is 1.19 bits per heavy atom. The Balaban J connectivity index is 1.85. The molecule has 1 aromatic carbocycles. The second-order valence-corrected chi connectivity index (χ2v) is 5.86. The van der Waals surface area contributed by atoms with Gasteiger partial charge in [0.25, 0.3) is 5.91 Å². The maximum atomic E-state index is 13.2. The lowest BCUT2D eigenvalue weighted by molar-refractivity contribution is -0.123. The van der Waals surface area contributed by atoms with Crippen LogP contribution in [-0.2, 0) is 22.4 Å². The van der Waals surface area contributed by atoms with Crippen LogP contribution in [0.4, 0.5) is 9.18 Å². The zero-order valence-electron chi connectivity index (χ0n) is 13.8. The standard InChI is InChI=1S/C17H17FN4O4/c18-10-5-7-11(8-6-10)22-13-4-2-1-3-12(13)15(21-22)16(24)26-9-14(23)20-17(19)25/h5-8H,1-4,9H2,(H3,19,20,23,25). The summed E-state index contributed by atoms with van der Waals surface area (Å²) in [6.45, 7) is -0.639. The van der Waals surface area contributed by atoms with E-state index in [0.717, 1.165) is 30.5 Å².